The number of carbonyl (C=O) groups excluding carboxylic acids is 2. The average molecular weight is 789 g/mol. The molecule has 6 aliphatic carbocycles. The van der Waals surface area contributed by atoms with Gasteiger partial charge in [-0.15, -0.1) is 0 Å². The number of benzene rings is 2. The predicted molar refractivity (Wildman–Crippen MR) is 230 cm³/mol. The highest BCUT2D eigenvalue weighted by atomic mass is 16.5. The highest BCUT2D eigenvalue weighted by Crippen LogP contribution is 2.58. The van der Waals surface area contributed by atoms with Crippen LogP contribution in [0.25, 0.3) is 0 Å². The number of hydrogen-bond acceptors (Lipinski definition) is 6. The molecule has 6 heteroatoms. The van der Waals surface area contributed by atoms with Crippen LogP contribution in [0.3, 0.4) is 0 Å². The third-order valence-electron chi connectivity index (χ3n) is 17.8. The second-order valence-corrected chi connectivity index (χ2v) is 20.9. The molecule has 58 heavy (non-hydrogen) atoms. The standard InChI is InChI=1S/C52H72N2O4/c55-49(57-41-23-21-39-31-47-43-17-7-9-25-51(43,45(39)33-41)27-29-53(47)35-37-13-11-14-37)19-5-3-1-2-4-6-20-50(56)58-42-24-22-40-32-48-44-18-8-10-26-52(44,46(40)34-42)28-30-54(48)36-38-15-12-16-38/h21-24,33-34,37-38,43-44,47-48H,1-20,25-32,35-36H2/t43-,44-,47-,48-,51-,52-/m1/s1. The van der Waals surface area contributed by atoms with Gasteiger partial charge in [0.05, 0.1) is 0 Å². The lowest BCUT2D eigenvalue weighted by Crippen LogP contribution is -2.61. The molecule has 0 amide bonds. The van der Waals surface area contributed by atoms with Gasteiger partial charge in [-0.25, -0.2) is 0 Å². The summed E-state index contributed by atoms with van der Waals surface area (Å²) >= 11 is 0. The maximum absolute atomic E-state index is 13.0. The Balaban J connectivity index is 0.649. The fourth-order valence-electron chi connectivity index (χ4n) is 14.3. The average Bonchev–Trinajstić information content (AvgIpc) is 3.20. The normalized spacial score (nSPS) is 31.8. The van der Waals surface area contributed by atoms with Gasteiger partial charge in [-0.2, -0.15) is 0 Å². The predicted octanol–water partition coefficient (Wildman–Crippen LogP) is 11.0. The van der Waals surface area contributed by atoms with Crippen molar-refractivity contribution in [3.8, 4) is 11.5 Å². The molecule has 2 heterocycles. The van der Waals surface area contributed by atoms with Crippen LogP contribution < -0.4 is 9.47 Å². The molecule has 6 nitrogen and oxygen atoms in total. The van der Waals surface area contributed by atoms with Crippen LogP contribution in [0.2, 0.25) is 0 Å². The topological polar surface area (TPSA) is 59.1 Å². The minimum Gasteiger partial charge on any atom is -0.427 e. The summed E-state index contributed by atoms with van der Waals surface area (Å²) < 4.78 is 12.0. The summed E-state index contributed by atoms with van der Waals surface area (Å²) in [5.41, 5.74) is 6.61. The maximum Gasteiger partial charge on any atom is 0.311 e. The summed E-state index contributed by atoms with van der Waals surface area (Å²) in [6.07, 6.45) is 31.0. The van der Waals surface area contributed by atoms with E-state index < -0.39 is 0 Å². The molecule has 6 fully saturated rings. The lowest BCUT2D eigenvalue weighted by Gasteiger charge is -2.59. The van der Waals surface area contributed by atoms with Gasteiger partial charge >= 0.3 is 11.9 Å². The smallest absolute Gasteiger partial charge is 0.311 e. The molecular formula is C52H72N2O4. The van der Waals surface area contributed by atoms with Gasteiger partial charge in [-0.3, -0.25) is 19.4 Å². The zero-order valence-corrected chi connectivity index (χ0v) is 35.7. The molecule has 4 saturated carbocycles. The van der Waals surface area contributed by atoms with E-state index in [9.17, 15) is 9.59 Å². The van der Waals surface area contributed by atoms with Gasteiger partial charge in [0.2, 0.25) is 0 Å². The maximum atomic E-state index is 13.0. The van der Waals surface area contributed by atoms with Crippen molar-refractivity contribution >= 4 is 11.9 Å². The van der Waals surface area contributed by atoms with E-state index in [1.54, 1.807) is 0 Å². The SMILES string of the molecule is O=C(CCCCCCCCC(=O)Oc1ccc2c(c1)[C@@]13CCCC[C@@H]1[C@@H](C2)N(CC1CCC1)CC3)Oc1ccc2c(c1)[C@@]13CCCC[C@@H]1[C@@H](C2)N(CC1CCC1)CC3. The van der Waals surface area contributed by atoms with E-state index in [0.29, 0.717) is 24.9 Å². The van der Waals surface area contributed by atoms with E-state index in [2.05, 4.69) is 46.2 Å². The highest BCUT2D eigenvalue weighted by Gasteiger charge is 2.55. The van der Waals surface area contributed by atoms with Crippen molar-refractivity contribution in [2.75, 3.05) is 26.2 Å². The second kappa shape index (κ2) is 17.0. The van der Waals surface area contributed by atoms with Crippen molar-refractivity contribution in [3.05, 3.63) is 58.7 Å². The van der Waals surface area contributed by atoms with E-state index in [4.69, 9.17) is 9.47 Å². The van der Waals surface area contributed by atoms with Crippen LogP contribution in [0.5, 0.6) is 11.5 Å². The van der Waals surface area contributed by atoms with Crippen LogP contribution in [0, 0.1) is 23.7 Å². The van der Waals surface area contributed by atoms with Crippen molar-refractivity contribution in [2.24, 2.45) is 23.7 Å². The molecule has 0 N–H and O–H groups in total. The molecule has 0 radical (unpaired) electrons. The van der Waals surface area contributed by atoms with Gasteiger partial charge in [0.1, 0.15) is 11.5 Å². The molecule has 0 spiro atoms. The number of unbranched alkanes of at least 4 members (excludes halogenated alkanes) is 5. The van der Waals surface area contributed by atoms with Crippen molar-refractivity contribution in [3.63, 3.8) is 0 Å². The van der Waals surface area contributed by atoms with Gasteiger partial charge in [-0.05, 0) is 173 Å². The van der Waals surface area contributed by atoms with Crippen LogP contribution in [0.15, 0.2) is 36.4 Å². The minimum absolute atomic E-state index is 0.0978. The van der Waals surface area contributed by atoms with Crippen LogP contribution in [0.1, 0.15) is 176 Å². The Morgan fingerprint density at radius 2 is 0.983 bits per heavy atom. The number of likely N-dealkylation sites (tertiary alicyclic amines) is 2. The first-order valence-electron chi connectivity index (χ1n) is 24.6. The second-order valence-electron chi connectivity index (χ2n) is 20.9. The van der Waals surface area contributed by atoms with Crippen molar-refractivity contribution in [1.29, 1.82) is 0 Å². The Morgan fingerprint density at radius 1 is 0.534 bits per heavy atom. The molecular weight excluding hydrogens is 717 g/mol. The van der Waals surface area contributed by atoms with Crippen molar-refractivity contribution < 1.29 is 19.1 Å². The zero-order chi connectivity index (χ0) is 39.1. The Kier molecular flexibility index (Phi) is 11.5. The Morgan fingerprint density at radius 3 is 1.41 bits per heavy atom. The summed E-state index contributed by atoms with van der Waals surface area (Å²) in [6.45, 7) is 5.10. The van der Waals surface area contributed by atoms with E-state index in [1.165, 1.54) is 164 Å². The van der Waals surface area contributed by atoms with Gasteiger partial charge < -0.3 is 9.47 Å². The molecule has 6 atom stereocenters. The van der Waals surface area contributed by atoms with Gasteiger partial charge in [0.15, 0.2) is 0 Å². The lowest BCUT2D eigenvalue weighted by atomic mass is 9.52. The summed E-state index contributed by atoms with van der Waals surface area (Å²) in [4.78, 5) is 31.8. The van der Waals surface area contributed by atoms with Crippen LogP contribution in [0.4, 0.5) is 0 Å². The van der Waals surface area contributed by atoms with Gasteiger partial charge in [0, 0.05) is 48.8 Å². The van der Waals surface area contributed by atoms with Crippen molar-refractivity contribution in [1.82, 2.24) is 9.80 Å². The molecule has 2 aromatic rings. The Labute approximate surface area is 349 Å². The summed E-state index contributed by atoms with van der Waals surface area (Å²) in [5, 5.41) is 0. The molecule has 8 aliphatic rings. The number of piperidine rings is 2. The van der Waals surface area contributed by atoms with E-state index >= 15 is 0 Å². The number of hydrogen-bond donors (Lipinski definition) is 0. The van der Waals surface area contributed by atoms with E-state index in [-0.39, 0.29) is 22.8 Å². The van der Waals surface area contributed by atoms with Gasteiger partial charge in [0.25, 0.3) is 0 Å². The number of nitrogens with zero attached hydrogens (tertiary/aromatic N) is 2. The molecule has 10 rings (SSSR count). The quantitative estimate of drug-likeness (QED) is 0.102. The third kappa shape index (κ3) is 7.62. The fraction of sp³-hybridized carbons (Fsp3) is 0.731. The van der Waals surface area contributed by atoms with Crippen LogP contribution in [-0.4, -0.2) is 60.0 Å². The first kappa shape index (κ1) is 39.4. The number of esters is 2. The van der Waals surface area contributed by atoms with Gasteiger partial charge in [-0.1, -0.05) is 76.3 Å². The molecule has 4 bridgehead atoms. The molecule has 2 aromatic carbocycles. The summed E-state index contributed by atoms with van der Waals surface area (Å²) in [6, 6.07) is 14.7. The van der Waals surface area contributed by atoms with Crippen molar-refractivity contribution in [2.45, 2.75) is 190 Å². The summed E-state index contributed by atoms with van der Waals surface area (Å²) in [7, 11) is 0. The fourth-order valence-corrected chi connectivity index (χ4v) is 14.3. The van der Waals surface area contributed by atoms with E-state index in [0.717, 1.165) is 73.7 Å². The highest BCUT2D eigenvalue weighted by molar-refractivity contribution is 5.73. The van der Waals surface area contributed by atoms with Crippen LogP contribution >= 0.6 is 0 Å². The first-order valence-corrected chi connectivity index (χ1v) is 24.6. The molecule has 314 valence electrons. The number of carbonyl (C=O) groups is 2. The molecule has 2 saturated heterocycles. The molecule has 0 aromatic heterocycles. The zero-order valence-electron chi connectivity index (χ0n) is 35.7. The number of fused-ring (bicyclic) bond motifs is 2. The Bertz CT molecular complexity index is 1670. The Hall–Kier alpha value is -2.70. The molecule has 2 aliphatic heterocycles. The van der Waals surface area contributed by atoms with E-state index in [1.807, 2.05) is 0 Å². The minimum atomic E-state index is -0.0978. The third-order valence-corrected chi connectivity index (χ3v) is 17.8. The molecule has 0 unspecified atom stereocenters. The largest absolute Gasteiger partial charge is 0.427 e. The monoisotopic (exact) mass is 789 g/mol. The first-order chi connectivity index (χ1) is 28.5. The van der Waals surface area contributed by atoms with Crippen LogP contribution in [-0.2, 0) is 33.3 Å². The number of ether oxygens (including phenoxy) is 2. The lowest BCUT2D eigenvalue weighted by molar-refractivity contribution is -0.135. The summed E-state index contributed by atoms with van der Waals surface area (Å²) in [5.74, 6) is 4.68. The number of rotatable bonds is 15.